The molecule has 1 amide bonds. The summed E-state index contributed by atoms with van der Waals surface area (Å²) < 4.78 is 6.23. The van der Waals surface area contributed by atoms with Gasteiger partial charge in [0.1, 0.15) is 5.75 Å². The molecule has 0 bridgehead atoms. The fourth-order valence-corrected chi connectivity index (χ4v) is 2.84. The Morgan fingerprint density at radius 2 is 2.15 bits per heavy atom. The molecule has 6 heteroatoms. The molecule has 1 aromatic heterocycles. The third-order valence-corrected chi connectivity index (χ3v) is 4.08. The molecular weight excluding hydrogens is 274 g/mol. The molecule has 0 atom stereocenters. The highest BCUT2D eigenvalue weighted by Crippen LogP contribution is 2.28. The smallest absolute Gasteiger partial charge is 0.241 e. The Bertz CT molecular complexity index is 593. The van der Waals surface area contributed by atoms with E-state index in [4.69, 9.17) is 4.74 Å². The van der Waals surface area contributed by atoms with Crippen LogP contribution in [0.1, 0.15) is 13.8 Å². The van der Waals surface area contributed by atoms with Gasteiger partial charge in [0.25, 0.3) is 0 Å². The fraction of sp³-hybridized carbons (Fsp3) is 0.429. The molecule has 0 saturated heterocycles. The first kappa shape index (κ1) is 14.6. The van der Waals surface area contributed by atoms with Gasteiger partial charge in [0, 0.05) is 13.1 Å². The molecule has 1 heterocycles. The molecule has 5 nitrogen and oxygen atoms in total. The maximum atomic E-state index is 11.9. The number of likely N-dealkylation sites (N-methyl/N-ethyl adjacent to an activating group) is 1. The number of benzene rings is 1. The zero-order valence-electron chi connectivity index (χ0n) is 12.0. The summed E-state index contributed by atoms with van der Waals surface area (Å²) in [5.41, 5.74) is 0.911. The number of rotatable bonds is 6. The molecule has 0 aliphatic carbocycles. The van der Waals surface area contributed by atoms with Crippen LogP contribution in [-0.2, 0) is 4.79 Å². The molecule has 2 rings (SSSR count). The number of hydrogen-bond acceptors (Lipinski definition) is 5. The van der Waals surface area contributed by atoms with Gasteiger partial charge < -0.3 is 15.0 Å². The molecule has 108 valence electrons. The second kappa shape index (κ2) is 6.56. The number of hydrogen-bond donors (Lipinski definition) is 1. The largest absolute Gasteiger partial charge is 0.497 e. The number of carbonyl (C=O) groups is 1. The number of methoxy groups -OCH3 is 1. The van der Waals surface area contributed by atoms with Crippen LogP contribution < -0.4 is 10.1 Å². The van der Waals surface area contributed by atoms with E-state index in [1.165, 1.54) is 11.3 Å². The Morgan fingerprint density at radius 1 is 1.40 bits per heavy atom. The lowest BCUT2D eigenvalue weighted by atomic mass is 10.3. The second-order valence-electron chi connectivity index (χ2n) is 4.27. The van der Waals surface area contributed by atoms with Gasteiger partial charge in [-0.1, -0.05) is 11.3 Å². The van der Waals surface area contributed by atoms with Crippen LogP contribution in [0.3, 0.4) is 0 Å². The number of fused-ring (bicyclic) bond motifs is 1. The van der Waals surface area contributed by atoms with Crippen molar-refractivity contribution in [3.63, 3.8) is 0 Å². The summed E-state index contributed by atoms with van der Waals surface area (Å²) in [4.78, 5) is 18.2. The highest BCUT2D eigenvalue weighted by atomic mass is 32.1. The van der Waals surface area contributed by atoms with Crippen LogP contribution in [0.4, 0.5) is 5.13 Å². The number of anilines is 1. The number of amides is 1. The first-order valence-corrected chi connectivity index (χ1v) is 7.45. The van der Waals surface area contributed by atoms with Crippen molar-refractivity contribution in [1.82, 2.24) is 9.88 Å². The van der Waals surface area contributed by atoms with Gasteiger partial charge in [-0.2, -0.15) is 0 Å². The molecule has 20 heavy (non-hydrogen) atoms. The molecule has 0 saturated carbocycles. The van der Waals surface area contributed by atoms with Crippen molar-refractivity contribution in [1.29, 1.82) is 0 Å². The van der Waals surface area contributed by atoms with Gasteiger partial charge >= 0.3 is 0 Å². The zero-order valence-corrected chi connectivity index (χ0v) is 12.8. The first-order valence-electron chi connectivity index (χ1n) is 6.64. The van der Waals surface area contributed by atoms with Crippen LogP contribution in [0.25, 0.3) is 10.2 Å². The van der Waals surface area contributed by atoms with Gasteiger partial charge in [-0.25, -0.2) is 4.98 Å². The zero-order chi connectivity index (χ0) is 14.5. The van der Waals surface area contributed by atoms with Gasteiger partial charge in [-0.3, -0.25) is 4.79 Å². The van der Waals surface area contributed by atoms with Crippen molar-refractivity contribution >= 4 is 32.6 Å². The van der Waals surface area contributed by atoms with E-state index in [1.54, 1.807) is 12.0 Å². The number of nitrogens with zero attached hydrogens (tertiary/aromatic N) is 2. The van der Waals surface area contributed by atoms with E-state index in [1.807, 2.05) is 32.0 Å². The van der Waals surface area contributed by atoms with E-state index in [0.717, 1.165) is 34.2 Å². The molecule has 0 aliphatic heterocycles. The lowest BCUT2D eigenvalue weighted by molar-refractivity contribution is -0.128. The molecule has 0 fully saturated rings. The van der Waals surface area contributed by atoms with Crippen LogP contribution in [0, 0.1) is 0 Å². The van der Waals surface area contributed by atoms with Crippen molar-refractivity contribution in [3.8, 4) is 5.75 Å². The Labute approximate surface area is 122 Å². The molecule has 0 aliphatic rings. The van der Waals surface area contributed by atoms with Crippen molar-refractivity contribution < 1.29 is 9.53 Å². The maximum absolute atomic E-state index is 11.9. The van der Waals surface area contributed by atoms with E-state index in [-0.39, 0.29) is 12.5 Å². The highest BCUT2D eigenvalue weighted by molar-refractivity contribution is 7.22. The van der Waals surface area contributed by atoms with Gasteiger partial charge in [-0.15, -0.1) is 0 Å². The lowest BCUT2D eigenvalue weighted by Crippen LogP contribution is -2.35. The third kappa shape index (κ3) is 3.19. The standard InChI is InChI=1S/C14H19N3O2S/c1-4-17(5-2)13(18)9-15-14-16-11-7-6-10(19-3)8-12(11)20-14/h6-8H,4-5,9H2,1-3H3,(H,15,16). The van der Waals surface area contributed by atoms with Crippen molar-refractivity contribution in [3.05, 3.63) is 18.2 Å². The van der Waals surface area contributed by atoms with E-state index in [9.17, 15) is 4.79 Å². The molecule has 0 spiro atoms. The predicted octanol–water partition coefficient (Wildman–Crippen LogP) is 2.59. The van der Waals surface area contributed by atoms with Gasteiger partial charge in [0.2, 0.25) is 5.91 Å². The van der Waals surface area contributed by atoms with Gasteiger partial charge in [0.05, 0.1) is 23.9 Å². The highest BCUT2D eigenvalue weighted by Gasteiger charge is 2.10. The Hall–Kier alpha value is -1.82. The minimum Gasteiger partial charge on any atom is -0.497 e. The summed E-state index contributed by atoms with van der Waals surface area (Å²) in [6.07, 6.45) is 0. The minimum absolute atomic E-state index is 0.0897. The van der Waals surface area contributed by atoms with E-state index >= 15 is 0 Å². The Kier molecular flexibility index (Phi) is 4.79. The molecule has 2 aromatic rings. The molecule has 0 unspecified atom stereocenters. The van der Waals surface area contributed by atoms with Crippen molar-refractivity contribution in [2.45, 2.75) is 13.8 Å². The van der Waals surface area contributed by atoms with Crippen LogP contribution in [0.5, 0.6) is 5.75 Å². The summed E-state index contributed by atoms with van der Waals surface area (Å²) in [5, 5.41) is 3.85. The molecule has 1 N–H and O–H groups in total. The molecular formula is C14H19N3O2S. The van der Waals surface area contributed by atoms with E-state index < -0.39 is 0 Å². The summed E-state index contributed by atoms with van der Waals surface area (Å²) in [5.74, 6) is 0.902. The average Bonchev–Trinajstić information content (AvgIpc) is 2.88. The lowest BCUT2D eigenvalue weighted by Gasteiger charge is -2.18. The number of carbonyl (C=O) groups excluding carboxylic acids is 1. The summed E-state index contributed by atoms with van der Waals surface area (Å²) in [7, 11) is 1.64. The normalized spacial score (nSPS) is 10.6. The van der Waals surface area contributed by atoms with Crippen LogP contribution >= 0.6 is 11.3 Å². The minimum atomic E-state index is 0.0897. The molecule has 1 aromatic carbocycles. The quantitative estimate of drug-likeness (QED) is 0.889. The summed E-state index contributed by atoms with van der Waals surface area (Å²) in [6.45, 7) is 5.69. The monoisotopic (exact) mass is 293 g/mol. The number of ether oxygens (including phenoxy) is 1. The maximum Gasteiger partial charge on any atom is 0.241 e. The predicted molar refractivity (Wildman–Crippen MR) is 82.6 cm³/mol. The Morgan fingerprint density at radius 3 is 2.80 bits per heavy atom. The van der Waals surface area contributed by atoms with E-state index in [0.29, 0.717) is 0 Å². The van der Waals surface area contributed by atoms with Gasteiger partial charge in [0.15, 0.2) is 5.13 Å². The fourth-order valence-electron chi connectivity index (χ4n) is 1.95. The Balaban J connectivity index is 2.05. The topological polar surface area (TPSA) is 54.5 Å². The van der Waals surface area contributed by atoms with Gasteiger partial charge in [-0.05, 0) is 32.0 Å². The number of aromatic nitrogens is 1. The third-order valence-electron chi connectivity index (χ3n) is 3.10. The van der Waals surface area contributed by atoms with Crippen LogP contribution in [0.15, 0.2) is 18.2 Å². The molecule has 0 radical (unpaired) electrons. The van der Waals surface area contributed by atoms with Crippen LogP contribution in [0.2, 0.25) is 0 Å². The van der Waals surface area contributed by atoms with Crippen molar-refractivity contribution in [2.24, 2.45) is 0 Å². The number of nitrogens with one attached hydrogen (secondary N) is 1. The summed E-state index contributed by atoms with van der Waals surface area (Å²) in [6, 6.07) is 5.75. The number of thiazole rings is 1. The average molecular weight is 293 g/mol. The second-order valence-corrected chi connectivity index (χ2v) is 5.30. The van der Waals surface area contributed by atoms with Crippen molar-refractivity contribution in [2.75, 3.05) is 32.1 Å². The van der Waals surface area contributed by atoms with Crippen LogP contribution in [-0.4, -0.2) is 42.5 Å². The van der Waals surface area contributed by atoms with E-state index in [2.05, 4.69) is 10.3 Å². The first-order chi connectivity index (χ1) is 9.67. The SMILES string of the molecule is CCN(CC)C(=O)CNc1nc2ccc(OC)cc2s1. The summed E-state index contributed by atoms with van der Waals surface area (Å²) >= 11 is 1.52.